The molecular formula is C22H24N4O5. The van der Waals surface area contributed by atoms with Crippen LogP contribution in [0.3, 0.4) is 0 Å². The third kappa shape index (κ3) is 4.30. The second kappa shape index (κ2) is 8.25. The normalized spacial score (nSPS) is 18.6. The molecule has 2 amide bonds. The molecule has 0 saturated carbocycles. The van der Waals surface area contributed by atoms with Crippen molar-refractivity contribution in [1.82, 2.24) is 0 Å². The summed E-state index contributed by atoms with van der Waals surface area (Å²) in [6.07, 6.45) is 1.41. The number of amides is 2. The third-order valence-corrected chi connectivity index (χ3v) is 5.73. The second-order valence-electron chi connectivity index (χ2n) is 8.04. The number of nitro benzene ring substituents is 1. The molecule has 1 fully saturated rings. The smallest absolute Gasteiger partial charge is 0.270 e. The van der Waals surface area contributed by atoms with Crippen molar-refractivity contribution in [3.05, 3.63) is 52.1 Å². The highest BCUT2D eigenvalue weighted by atomic mass is 16.6. The topological polar surface area (TPSA) is 114 Å². The molecule has 0 spiro atoms. The van der Waals surface area contributed by atoms with E-state index in [1.807, 2.05) is 0 Å². The molecule has 0 bridgehead atoms. The quantitative estimate of drug-likeness (QED) is 0.570. The van der Waals surface area contributed by atoms with E-state index in [0.29, 0.717) is 28.7 Å². The van der Waals surface area contributed by atoms with Crippen molar-refractivity contribution in [2.24, 2.45) is 5.92 Å². The van der Waals surface area contributed by atoms with Crippen molar-refractivity contribution >= 4 is 34.6 Å². The molecule has 2 aliphatic heterocycles. The van der Waals surface area contributed by atoms with Crippen molar-refractivity contribution < 1.29 is 19.2 Å². The molecule has 1 atom stereocenters. The van der Waals surface area contributed by atoms with Gasteiger partial charge in [-0.1, -0.05) is 6.92 Å². The van der Waals surface area contributed by atoms with E-state index < -0.39 is 16.9 Å². The van der Waals surface area contributed by atoms with E-state index in [-0.39, 0.29) is 17.2 Å². The molecule has 4 rings (SSSR count). The Bertz CT molecular complexity index is 1050. The Hall–Kier alpha value is -3.62. The third-order valence-electron chi connectivity index (χ3n) is 5.73. The highest BCUT2D eigenvalue weighted by molar-refractivity contribution is 6.09. The Kier molecular flexibility index (Phi) is 5.50. The number of rotatable bonds is 4. The number of carbonyl (C=O) groups is 2. The van der Waals surface area contributed by atoms with Gasteiger partial charge >= 0.3 is 0 Å². The van der Waals surface area contributed by atoms with Gasteiger partial charge in [-0.2, -0.15) is 0 Å². The van der Waals surface area contributed by atoms with Crippen LogP contribution >= 0.6 is 0 Å². The molecule has 31 heavy (non-hydrogen) atoms. The first-order valence-corrected chi connectivity index (χ1v) is 10.3. The lowest BCUT2D eigenvalue weighted by Crippen LogP contribution is -2.34. The number of nitrogens with zero attached hydrogens (tertiary/aromatic N) is 2. The second-order valence-corrected chi connectivity index (χ2v) is 8.04. The average molecular weight is 424 g/mol. The molecule has 9 heteroatoms. The first kappa shape index (κ1) is 20.6. The number of hydrogen-bond acceptors (Lipinski definition) is 6. The average Bonchev–Trinajstić information content (AvgIpc) is 2.75. The van der Waals surface area contributed by atoms with Crippen LogP contribution < -0.4 is 20.3 Å². The molecule has 1 saturated heterocycles. The van der Waals surface area contributed by atoms with Crippen LogP contribution in [0.2, 0.25) is 0 Å². The number of anilines is 3. The van der Waals surface area contributed by atoms with Crippen LogP contribution in [0.25, 0.3) is 0 Å². The molecule has 2 aromatic rings. The summed E-state index contributed by atoms with van der Waals surface area (Å²) in [6, 6.07) is 9.33. The van der Waals surface area contributed by atoms with Crippen LogP contribution in [0, 0.1) is 16.0 Å². The van der Waals surface area contributed by atoms with E-state index in [4.69, 9.17) is 4.74 Å². The lowest BCUT2D eigenvalue weighted by molar-refractivity contribution is -0.384. The first-order chi connectivity index (χ1) is 14.8. The van der Waals surface area contributed by atoms with E-state index in [1.54, 1.807) is 31.2 Å². The van der Waals surface area contributed by atoms with Gasteiger partial charge in [-0.3, -0.25) is 19.7 Å². The molecule has 0 aromatic heterocycles. The number of hydrogen-bond donors (Lipinski definition) is 2. The molecule has 2 aromatic carbocycles. The summed E-state index contributed by atoms with van der Waals surface area (Å²) >= 11 is 0. The van der Waals surface area contributed by atoms with E-state index >= 15 is 0 Å². The molecular weight excluding hydrogens is 400 g/mol. The van der Waals surface area contributed by atoms with Gasteiger partial charge in [-0.05, 0) is 49.9 Å². The minimum Gasteiger partial charge on any atom is -0.479 e. The summed E-state index contributed by atoms with van der Waals surface area (Å²) in [6.45, 7) is 5.43. The fraction of sp³-hybridized carbons (Fsp3) is 0.364. The predicted octanol–water partition coefficient (Wildman–Crippen LogP) is 3.80. The predicted molar refractivity (Wildman–Crippen MR) is 117 cm³/mol. The first-order valence-electron chi connectivity index (χ1n) is 10.3. The molecule has 162 valence electrons. The number of ether oxygens (including phenoxy) is 1. The van der Waals surface area contributed by atoms with Gasteiger partial charge < -0.3 is 20.3 Å². The van der Waals surface area contributed by atoms with Gasteiger partial charge in [0.2, 0.25) is 0 Å². The maximum absolute atomic E-state index is 13.1. The number of non-ortho nitro benzene ring substituents is 1. The summed E-state index contributed by atoms with van der Waals surface area (Å²) in [7, 11) is 0. The summed E-state index contributed by atoms with van der Waals surface area (Å²) in [5.74, 6) is 0.413. The monoisotopic (exact) mass is 424 g/mol. The number of fused-ring (bicyclic) bond motifs is 1. The number of carbonyl (C=O) groups excluding carboxylic acids is 2. The number of benzene rings is 2. The molecule has 2 N–H and O–H groups in total. The summed E-state index contributed by atoms with van der Waals surface area (Å²) in [4.78, 5) is 37.9. The zero-order chi connectivity index (χ0) is 22.1. The van der Waals surface area contributed by atoms with Gasteiger partial charge in [0.15, 0.2) is 6.10 Å². The van der Waals surface area contributed by atoms with Gasteiger partial charge in [-0.15, -0.1) is 0 Å². The Morgan fingerprint density at radius 3 is 2.65 bits per heavy atom. The van der Waals surface area contributed by atoms with Gasteiger partial charge in [0, 0.05) is 30.9 Å². The highest BCUT2D eigenvalue weighted by Crippen LogP contribution is 2.33. The van der Waals surface area contributed by atoms with Crippen LogP contribution in [-0.2, 0) is 4.79 Å². The van der Waals surface area contributed by atoms with Crippen LogP contribution in [0.4, 0.5) is 22.7 Å². The largest absolute Gasteiger partial charge is 0.479 e. The highest BCUT2D eigenvalue weighted by Gasteiger charge is 2.26. The molecule has 2 aliphatic rings. The van der Waals surface area contributed by atoms with E-state index in [1.165, 1.54) is 12.1 Å². The van der Waals surface area contributed by atoms with Gasteiger partial charge in [-0.25, -0.2) is 0 Å². The van der Waals surface area contributed by atoms with Gasteiger partial charge in [0.1, 0.15) is 5.75 Å². The lowest BCUT2D eigenvalue weighted by Gasteiger charge is -2.33. The van der Waals surface area contributed by atoms with Crippen molar-refractivity contribution in [2.45, 2.75) is 32.8 Å². The van der Waals surface area contributed by atoms with Crippen molar-refractivity contribution in [3.8, 4) is 5.75 Å². The van der Waals surface area contributed by atoms with E-state index in [9.17, 15) is 19.7 Å². The van der Waals surface area contributed by atoms with Crippen molar-refractivity contribution in [2.75, 3.05) is 28.6 Å². The van der Waals surface area contributed by atoms with E-state index in [2.05, 4.69) is 22.5 Å². The zero-order valence-corrected chi connectivity index (χ0v) is 17.4. The Morgan fingerprint density at radius 1 is 1.19 bits per heavy atom. The molecule has 0 unspecified atom stereocenters. The Balaban J connectivity index is 1.61. The van der Waals surface area contributed by atoms with Gasteiger partial charge in [0.05, 0.1) is 21.9 Å². The standard InChI is InChI=1S/C22H24N4O5/c1-13-7-9-25(10-8-13)19-5-4-16(26(29)30)12-17(19)22(28)23-15-3-6-20-18(11-15)24-21(27)14(2)31-20/h3-6,11-14H,7-10H2,1-2H3,(H,23,28)(H,24,27)/t14-/m1/s1. The number of nitro groups is 1. The van der Waals surface area contributed by atoms with Crippen LogP contribution in [0.15, 0.2) is 36.4 Å². The minimum absolute atomic E-state index is 0.139. The zero-order valence-electron chi connectivity index (χ0n) is 17.4. The summed E-state index contributed by atoms with van der Waals surface area (Å²) in [5.41, 5.74) is 1.70. The van der Waals surface area contributed by atoms with Crippen molar-refractivity contribution in [3.63, 3.8) is 0 Å². The maximum Gasteiger partial charge on any atom is 0.270 e. The maximum atomic E-state index is 13.1. The van der Waals surface area contributed by atoms with Crippen LogP contribution in [-0.4, -0.2) is 35.9 Å². The lowest BCUT2D eigenvalue weighted by atomic mass is 9.98. The minimum atomic E-state index is -0.590. The van der Waals surface area contributed by atoms with Gasteiger partial charge in [0.25, 0.3) is 17.5 Å². The van der Waals surface area contributed by atoms with Crippen molar-refractivity contribution in [1.29, 1.82) is 0 Å². The number of piperidine rings is 1. The molecule has 2 heterocycles. The SMILES string of the molecule is CC1CCN(c2ccc([N+](=O)[O-])cc2C(=O)Nc2ccc3c(c2)NC(=O)[C@@H](C)O3)CC1. The Morgan fingerprint density at radius 2 is 1.94 bits per heavy atom. The van der Waals surface area contributed by atoms with E-state index in [0.717, 1.165) is 25.9 Å². The fourth-order valence-corrected chi connectivity index (χ4v) is 3.83. The summed E-state index contributed by atoms with van der Waals surface area (Å²) in [5, 5.41) is 16.8. The Labute approximate surface area is 179 Å². The molecule has 0 radical (unpaired) electrons. The number of nitrogens with one attached hydrogen (secondary N) is 2. The van der Waals surface area contributed by atoms with Crippen LogP contribution in [0.1, 0.15) is 37.0 Å². The molecule has 0 aliphatic carbocycles. The van der Waals surface area contributed by atoms with Crippen LogP contribution in [0.5, 0.6) is 5.75 Å². The molecule has 9 nitrogen and oxygen atoms in total. The summed E-state index contributed by atoms with van der Waals surface area (Å²) < 4.78 is 5.53. The fourth-order valence-electron chi connectivity index (χ4n) is 3.83.